The fourth-order valence-electron chi connectivity index (χ4n) is 1.89. The molecule has 0 unspecified atom stereocenters. The topological polar surface area (TPSA) is 40.5 Å². The van der Waals surface area contributed by atoms with Gasteiger partial charge in [0.05, 0.1) is 6.61 Å². The molecule has 1 fully saturated rings. The molecule has 1 saturated carbocycles. The van der Waals surface area contributed by atoms with Crippen LogP contribution < -0.4 is 0 Å². The van der Waals surface area contributed by atoms with Crippen molar-refractivity contribution in [3.05, 3.63) is 0 Å². The molecule has 0 aromatic carbocycles. The van der Waals surface area contributed by atoms with Gasteiger partial charge in [0, 0.05) is 19.0 Å². The van der Waals surface area contributed by atoms with E-state index >= 15 is 0 Å². The lowest BCUT2D eigenvalue weighted by atomic mass is 9.91. The van der Waals surface area contributed by atoms with Crippen molar-refractivity contribution in [1.29, 1.82) is 0 Å². The van der Waals surface area contributed by atoms with Crippen molar-refractivity contribution in [3.63, 3.8) is 0 Å². The Morgan fingerprint density at radius 2 is 2.14 bits per heavy atom. The summed E-state index contributed by atoms with van der Waals surface area (Å²) in [5.74, 6) is 0.266. The van der Waals surface area contributed by atoms with Gasteiger partial charge in [-0.3, -0.25) is 4.90 Å². The summed E-state index contributed by atoms with van der Waals surface area (Å²) < 4.78 is 0. The molecule has 0 aromatic rings. The van der Waals surface area contributed by atoms with Gasteiger partial charge in [-0.05, 0) is 32.7 Å². The summed E-state index contributed by atoms with van der Waals surface area (Å²) in [4.78, 5) is 13.1. The Morgan fingerprint density at radius 1 is 1.43 bits per heavy atom. The van der Waals surface area contributed by atoms with Crippen LogP contribution >= 0.6 is 0 Å². The first-order valence-corrected chi connectivity index (χ1v) is 5.58. The highest BCUT2D eigenvalue weighted by Crippen LogP contribution is 2.24. The number of aliphatic hydroxyl groups is 1. The van der Waals surface area contributed by atoms with E-state index in [0.717, 1.165) is 19.5 Å². The molecule has 1 aliphatic carbocycles. The Kier molecular flexibility index (Phi) is 5.12. The molecular formula is C11H21NO2. The Morgan fingerprint density at radius 3 is 2.57 bits per heavy atom. The van der Waals surface area contributed by atoms with E-state index in [0.29, 0.717) is 12.5 Å². The lowest BCUT2D eigenvalue weighted by Crippen LogP contribution is -2.42. The fourth-order valence-corrected chi connectivity index (χ4v) is 1.89. The molecule has 82 valence electrons. The van der Waals surface area contributed by atoms with Gasteiger partial charge in [0.15, 0.2) is 0 Å². The van der Waals surface area contributed by atoms with Crippen molar-refractivity contribution in [2.24, 2.45) is 0 Å². The fraction of sp³-hybridized carbons (Fsp3) is 0.909. The molecule has 1 N–H and O–H groups in total. The minimum Gasteiger partial charge on any atom is -0.395 e. The zero-order chi connectivity index (χ0) is 10.4. The monoisotopic (exact) mass is 199 g/mol. The summed E-state index contributed by atoms with van der Waals surface area (Å²) >= 11 is 0. The summed E-state index contributed by atoms with van der Waals surface area (Å²) in [6.07, 6.45) is 5.46. The minimum absolute atomic E-state index is 0.233. The van der Waals surface area contributed by atoms with Crippen LogP contribution in [0.15, 0.2) is 0 Å². The van der Waals surface area contributed by atoms with Crippen molar-refractivity contribution in [3.8, 4) is 0 Å². The average Bonchev–Trinajstić information content (AvgIpc) is 2.00. The van der Waals surface area contributed by atoms with Crippen LogP contribution in [0.4, 0.5) is 0 Å². The first-order valence-electron chi connectivity index (χ1n) is 5.58. The Hall–Kier alpha value is -0.410. The summed E-state index contributed by atoms with van der Waals surface area (Å²) in [5, 5.41) is 8.91. The van der Waals surface area contributed by atoms with Gasteiger partial charge in [-0.2, -0.15) is 0 Å². The molecule has 1 aliphatic rings. The molecule has 1 rings (SSSR count). The molecule has 0 saturated heterocycles. The van der Waals surface area contributed by atoms with Gasteiger partial charge in [0.2, 0.25) is 0 Å². The predicted octanol–water partition coefficient (Wildman–Crippen LogP) is 1.20. The van der Waals surface area contributed by atoms with Gasteiger partial charge in [-0.25, -0.2) is 0 Å². The van der Waals surface area contributed by atoms with E-state index in [1.54, 1.807) is 6.92 Å². The molecular weight excluding hydrogens is 178 g/mol. The largest absolute Gasteiger partial charge is 0.395 e. The lowest BCUT2D eigenvalue weighted by Gasteiger charge is -2.37. The molecule has 0 spiro atoms. The van der Waals surface area contributed by atoms with Crippen LogP contribution in [0.3, 0.4) is 0 Å². The van der Waals surface area contributed by atoms with Gasteiger partial charge in [0.1, 0.15) is 5.78 Å². The van der Waals surface area contributed by atoms with E-state index in [4.69, 9.17) is 5.11 Å². The summed E-state index contributed by atoms with van der Waals surface area (Å²) in [5.41, 5.74) is 0. The van der Waals surface area contributed by atoms with Crippen LogP contribution in [-0.2, 0) is 4.79 Å². The van der Waals surface area contributed by atoms with E-state index in [9.17, 15) is 4.79 Å². The summed E-state index contributed by atoms with van der Waals surface area (Å²) in [7, 11) is 0. The highest BCUT2D eigenvalue weighted by molar-refractivity contribution is 5.75. The Bertz CT molecular complexity index is 178. The number of hydrogen-bond acceptors (Lipinski definition) is 3. The molecule has 0 atom stereocenters. The maximum atomic E-state index is 10.8. The summed E-state index contributed by atoms with van der Waals surface area (Å²) in [6.45, 7) is 3.60. The van der Waals surface area contributed by atoms with Crippen molar-refractivity contribution in [1.82, 2.24) is 4.90 Å². The molecule has 0 heterocycles. The SMILES string of the molecule is CC(=O)CCCN(CCO)C1CCC1. The summed E-state index contributed by atoms with van der Waals surface area (Å²) in [6, 6.07) is 0.675. The Labute approximate surface area is 86.1 Å². The highest BCUT2D eigenvalue weighted by Gasteiger charge is 2.23. The van der Waals surface area contributed by atoms with Gasteiger partial charge in [0.25, 0.3) is 0 Å². The second-order valence-corrected chi connectivity index (χ2v) is 4.15. The molecule has 0 aromatic heterocycles. The molecule has 14 heavy (non-hydrogen) atoms. The third-order valence-corrected chi connectivity index (χ3v) is 2.95. The number of Topliss-reactive ketones (excluding diaryl/α,β-unsaturated/α-hetero) is 1. The van der Waals surface area contributed by atoms with Crippen LogP contribution in [0.2, 0.25) is 0 Å². The zero-order valence-corrected chi connectivity index (χ0v) is 9.04. The number of rotatable bonds is 7. The van der Waals surface area contributed by atoms with Crippen LogP contribution in [-0.4, -0.2) is 41.5 Å². The van der Waals surface area contributed by atoms with Crippen molar-refractivity contribution in [2.75, 3.05) is 19.7 Å². The molecule has 3 heteroatoms. The lowest BCUT2D eigenvalue weighted by molar-refractivity contribution is -0.117. The number of carbonyl (C=O) groups is 1. The van der Waals surface area contributed by atoms with Gasteiger partial charge < -0.3 is 9.90 Å². The van der Waals surface area contributed by atoms with Gasteiger partial charge >= 0.3 is 0 Å². The van der Waals surface area contributed by atoms with E-state index < -0.39 is 0 Å². The number of aliphatic hydroxyl groups excluding tert-OH is 1. The average molecular weight is 199 g/mol. The molecule has 0 bridgehead atoms. The third-order valence-electron chi connectivity index (χ3n) is 2.95. The third kappa shape index (κ3) is 3.76. The second-order valence-electron chi connectivity index (χ2n) is 4.15. The second kappa shape index (κ2) is 6.14. The standard InChI is InChI=1S/C11H21NO2/c1-10(14)4-3-7-12(8-9-13)11-5-2-6-11/h11,13H,2-9H2,1H3. The highest BCUT2D eigenvalue weighted by atomic mass is 16.3. The van der Waals surface area contributed by atoms with E-state index in [1.807, 2.05) is 0 Å². The van der Waals surface area contributed by atoms with E-state index in [2.05, 4.69) is 4.90 Å². The van der Waals surface area contributed by atoms with Crippen molar-refractivity contribution < 1.29 is 9.90 Å². The predicted molar refractivity (Wildman–Crippen MR) is 56.2 cm³/mol. The minimum atomic E-state index is 0.233. The number of carbonyl (C=O) groups excluding carboxylic acids is 1. The maximum Gasteiger partial charge on any atom is 0.129 e. The van der Waals surface area contributed by atoms with Gasteiger partial charge in [-0.15, -0.1) is 0 Å². The first-order chi connectivity index (χ1) is 6.74. The maximum absolute atomic E-state index is 10.8. The van der Waals surface area contributed by atoms with Crippen LogP contribution in [0.5, 0.6) is 0 Å². The normalized spacial score (nSPS) is 17.1. The Balaban J connectivity index is 2.17. The zero-order valence-electron chi connectivity index (χ0n) is 9.04. The smallest absolute Gasteiger partial charge is 0.129 e. The number of hydrogen-bond donors (Lipinski definition) is 1. The number of nitrogens with zero attached hydrogens (tertiary/aromatic N) is 1. The van der Waals surface area contributed by atoms with Gasteiger partial charge in [-0.1, -0.05) is 6.42 Å². The number of ketones is 1. The molecule has 0 radical (unpaired) electrons. The quantitative estimate of drug-likeness (QED) is 0.670. The van der Waals surface area contributed by atoms with Crippen LogP contribution in [0, 0.1) is 0 Å². The first kappa shape index (κ1) is 11.7. The molecule has 0 aliphatic heterocycles. The molecule has 3 nitrogen and oxygen atoms in total. The van der Waals surface area contributed by atoms with Crippen LogP contribution in [0.25, 0.3) is 0 Å². The molecule has 0 amide bonds. The van der Waals surface area contributed by atoms with E-state index in [1.165, 1.54) is 19.3 Å². The van der Waals surface area contributed by atoms with E-state index in [-0.39, 0.29) is 12.4 Å². The van der Waals surface area contributed by atoms with Crippen LogP contribution in [0.1, 0.15) is 39.0 Å². The van der Waals surface area contributed by atoms with Crippen molar-refractivity contribution in [2.45, 2.75) is 45.1 Å². The van der Waals surface area contributed by atoms with Crippen molar-refractivity contribution >= 4 is 5.78 Å².